The third-order valence-electron chi connectivity index (χ3n) is 3.05. The van der Waals surface area contributed by atoms with Gasteiger partial charge in [0, 0.05) is 0 Å². The Morgan fingerprint density at radius 3 is 2.67 bits per heavy atom. The number of aryl methyl sites for hydroxylation is 2. The second-order valence-corrected chi connectivity index (χ2v) is 6.60. The van der Waals surface area contributed by atoms with Crippen molar-refractivity contribution in [2.45, 2.75) is 25.1 Å². The summed E-state index contributed by atoms with van der Waals surface area (Å²) >= 11 is 2.84. The monoisotopic (exact) mass is 323 g/mol. The Labute approximate surface area is 132 Å². The van der Waals surface area contributed by atoms with Crippen molar-refractivity contribution in [2.24, 2.45) is 0 Å². The first kappa shape index (κ1) is 15.8. The predicted molar refractivity (Wildman–Crippen MR) is 86.5 cm³/mol. The molecule has 0 aliphatic rings. The van der Waals surface area contributed by atoms with E-state index in [0.717, 1.165) is 26.8 Å². The standard InChI is InChI=1S/C14H17N3O2S2/c1-8-5-6-9(2)12(10(8)3)19-7-11(18)15-13-16-17-14(20-4)21-13/h5-6H,7H2,1-4H3,(H,15,16,18). The molecule has 7 heteroatoms. The lowest BCUT2D eigenvalue weighted by atomic mass is 10.1. The first-order chi connectivity index (χ1) is 10.0. The highest BCUT2D eigenvalue weighted by Gasteiger charge is 2.11. The van der Waals surface area contributed by atoms with E-state index in [-0.39, 0.29) is 12.5 Å². The maximum absolute atomic E-state index is 11.9. The normalized spacial score (nSPS) is 10.5. The minimum atomic E-state index is -0.237. The fourth-order valence-electron chi connectivity index (χ4n) is 1.78. The van der Waals surface area contributed by atoms with Crippen LogP contribution in [0.4, 0.5) is 5.13 Å². The molecular formula is C14H17N3O2S2. The predicted octanol–water partition coefficient (Wildman–Crippen LogP) is 3.20. The van der Waals surface area contributed by atoms with Gasteiger partial charge in [0.25, 0.3) is 5.91 Å². The number of ether oxygens (including phenoxy) is 1. The number of carbonyl (C=O) groups excluding carboxylic acids is 1. The van der Waals surface area contributed by atoms with Crippen LogP contribution in [0.5, 0.6) is 5.75 Å². The van der Waals surface area contributed by atoms with Crippen LogP contribution < -0.4 is 10.1 Å². The van der Waals surface area contributed by atoms with Gasteiger partial charge in [0.05, 0.1) is 0 Å². The molecule has 0 saturated heterocycles. The molecular weight excluding hydrogens is 306 g/mol. The lowest BCUT2D eigenvalue weighted by Gasteiger charge is -2.13. The first-order valence-corrected chi connectivity index (χ1v) is 8.42. The quantitative estimate of drug-likeness (QED) is 0.676. The van der Waals surface area contributed by atoms with Crippen LogP contribution in [0.2, 0.25) is 0 Å². The van der Waals surface area contributed by atoms with Gasteiger partial charge in [-0.2, -0.15) is 0 Å². The van der Waals surface area contributed by atoms with E-state index in [0.29, 0.717) is 5.13 Å². The number of benzene rings is 1. The smallest absolute Gasteiger partial charge is 0.264 e. The topological polar surface area (TPSA) is 64.1 Å². The van der Waals surface area contributed by atoms with Crippen molar-refractivity contribution in [3.05, 3.63) is 28.8 Å². The molecule has 0 radical (unpaired) electrons. The summed E-state index contributed by atoms with van der Waals surface area (Å²) < 4.78 is 6.47. The van der Waals surface area contributed by atoms with Crippen molar-refractivity contribution < 1.29 is 9.53 Å². The molecule has 1 aromatic carbocycles. The fraction of sp³-hybridized carbons (Fsp3) is 0.357. The number of rotatable bonds is 5. The molecule has 0 unspecified atom stereocenters. The number of hydrogen-bond acceptors (Lipinski definition) is 6. The van der Waals surface area contributed by atoms with Crippen LogP contribution in [0.3, 0.4) is 0 Å². The lowest BCUT2D eigenvalue weighted by molar-refractivity contribution is -0.118. The zero-order valence-corrected chi connectivity index (χ0v) is 14.0. The van der Waals surface area contributed by atoms with Gasteiger partial charge in [-0.1, -0.05) is 35.2 Å². The largest absolute Gasteiger partial charge is 0.483 e. The number of carbonyl (C=O) groups is 1. The van der Waals surface area contributed by atoms with Gasteiger partial charge in [-0.3, -0.25) is 10.1 Å². The molecule has 0 fully saturated rings. The van der Waals surface area contributed by atoms with Gasteiger partial charge in [-0.15, -0.1) is 10.2 Å². The Hall–Kier alpha value is -1.60. The minimum absolute atomic E-state index is 0.0423. The maximum Gasteiger partial charge on any atom is 0.264 e. The molecule has 1 amide bonds. The number of hydrogen-bond donors (Lipinski definition) is 1. The molecule has 1 heterocycles. The van der Waals surface area contributed by atoms with Gasteiger partial charge in [-0.25, -0.2) is 0 Å². The van der Waals surface area contributed by atoms with Crippen molar-refractivity contribution in [1.29, 1.82) is 0 Å². The zero-order chi connectivity index (χ0) is 15.4. The van der Waals surface area contributed by atoms with E-state index in [2.05, 4.69) is 15.5 Å². The molecule has 5 nitrogen and oxygen atoms in total. The number of thioether (sulfide) groups is 1. The third kappa shape index (κ3) is 3.95. The summed E-state index contributed by atoms with van der Waals surface area (Å²) in [5, 5.41) is 11.0. The van der Waals surface area contributed by atoms with Crippen molar-refractivity contribution in [2.75, 3.05) is 18.2 Å². The van der Waals surface area contributed by atoms with Crippen LogP contribution in [0.25, 0.3) is 0 Å². The Balaban J connectivity index is 1.97. The van der Waals surface area contributed by atoms with E-state index >= 15 is 0 Å². The minimum Gasteiger partial charge on any atom is -0.483 e. The van der Waals surface area contributed by atoms with E-state index in [9.17, 15) is 4.79 Å². The third-order valence-corrected chi connectivity index (χ3v) is 4.86. The van der Waals surface area contributed by atoms with Gasteiger partial charge in [-0.05, 0) is 43.7 Å². The number of anilines is 1. The zero-order valence-electron chi connectivity index (χ0n) is 12.4. The molecule has 1 N–H and O–H groups in total. The Kier molecular flexibility index (Phi) is 5.19. The van der Waals surface area contributed by atoms with Crippen LogP contribution in [-0.4, -0.2) is 29.0 Å². The van der Waals surface area contributed by atoms with E-state index in [4.69, 9.17) is 4.74 Å². The summed E-state index contributed by atoms with van der Waals surface area (Å²) in [5.74, 6) is 0.534. The summed E-state index contributed by atoms with van der Waals surface area (Å²) in [6.07, 6.45) is 1.92. The highest BCUT2D eigenvalue weighted by molar-refractivity contribution is 8.00. The molecule has 0 bridgehead atoms. The molecule has 112 valence electrons. The van der Waals surface area contributed by atoms with E-state index < -0.39 is 0 Å². The number of nitrogens with one attached hydrogen (secondary N) is 1. The fourth-order valence-corrected chi connectivity index (χ4v) is 2.97. The molecule has 0 atom stereocenters. The van der Waals surface area contributed by atoms with Crippen LogP contribution in [0.1, 0.15) is 16.7 Å². The highest BCUT2D eigenvalue weighted by atomic mass is 32.2. The van der Waals surface area contributed by atoms with Crippen molar-refractivity contribution in [3.63, 3.8) is 0 Å². The summed E-state index contributed by atoms with van der Waals surface area (Å²) in [6.45, 7) is 5.94. The Morgan fingerprint density at radius 1 is 1.29 bits per heavy atom. The summed E-state index contributed by atoms with van der Waals surface area (Å²) in [5.41, 5.74) is 3.22. The number of aromatic nitrogens is 2. The number of amides is 1. The van der Waals surface area contributed by atoms with Crippen molar-refractivity contribution >= 4 is 34.1 Å². The van der Waals surface area contributed by atoms with Gasteiger partial charge in [0.1, 0.15) is 5.75 Å². The highest BCUT2D eigenvalue weighted by Crippen LogP contribution is 2.26. The molecule has 0 aliphatic heterocycles. The molecule has 0 aliphatic carbocycles. The lowest BCUT2D eigenvalue weighted by Crippen LogP contribution is -2.20. The van der Waals surface area contributed by atoms with Crippen LogP contribution in [-0.2, 0) is 4.79 Å². The van der Waals surface area contributed by atoms with E-state index in [1.165, 1.54) is 23.1 Å². The molecule has 0 saturated carbocycles. The molecule has 0 spiro atoms. The maximum atomic E-state index is 11.9. The van der Waals surface area contributed by atoms with Crippen LogP contribution in [0.15, 0.2) is 16.5 Å². The first-order valence-electron chi connectivity index (χ1n) is 6.38. The van der Waals surface area contributed by atoms with Gasteiger partial charge >= 0.3 is 0 Å². The average Bonchev–Trinajstić information content (AvgIpc) is 2.90. The van der Waals surface area contributed by atoms with E-state index in [1.807, 2.05) is 39.2 Å². The van der Waals surface area contributed by atoms with Gasteiger partial charge in [0.15, 0.2) is 10.9 Å². The Bertz CT molecular complexity index is 656. The van der Waals surface area contributed by atoms with Crippen LogP contribution >= 0.6 is 23.1 Å². The van der Waals surface area contributed by atoms with Crippen molar-refractivity contribution in [3.8, 4) is 5.75 Å². The molecule has 1 aromatic heterocycles. The molecule has 2 rings (SSSR count). The molecule has 21 heavy (non-hydrogen) atoms. The summed E-state index contributed by atoms with van der Waals surface area (Å²) in [6, 6.07) is 4.04. The van der Waals surface area contributed by atoms with Crippen LogP contribution in [0, 0.1) is 20.8 Å². The molecule has 2 aromatic rings. The Morgan fingerprint density at radius 2 is 2.00 bits per heavy atom. The number of nitrogens with zero attached hydrogens (tertiary/aromatic N) is 2. The van der Waals surface area contributed by atoms with E-state index in [1.54, 1.807) is 0 Å². The van der Waals surface area contributed by atoms with Gasteiger partial charge in [0.2, 0.25) is 5.13 Å². The van der Waals surface area contributed by atoms with Gasteiger partial charge < -0.3 is 4.74 Å². The summed E-state index contributed by atoms with van der Waals surface area (Å²) in [7, 11) is 0. The summed E-state index contributed by atoms with van der Waals surface area (Å²) in [4.78, 5) is 11.9. The second kappa shape index (κ2) is 6.91. The second-order valence-electron chi connectivity index (χ2n) is 4.57. The van der Waals surface area contributed by atoms with Crippen molar-refractivity contribution in [1.82, 2.24) is 10.2 Å². The SMILES string of the molecule is CSc1nnc(NC(=O)COc2c(C)ccc(C)c2C)s1. The average molecular weight is 323 g/mol.